The van der Waals surface area contributed by atoms with Gasteiger partial charge in [0.05, 0.1) is 17.7 Å². The van der Waals surface area contributed by atoms with Gasteiger partial charge in [0.15, 0.2) is 0 Å². The molecule has 2 aliphatic heterocycles. The Morgan fingerprint density at radius 3 is 2.85 bits per heavy atom. The summed E-state index contributed by atoms with van der Waals surface area (Å²) in [6.45, 7) is 2.76. The van der Waals surface area contributed by atoms with Crippen LogP contribution in [0.25, 0.3) is 10.9 Å². The number of hydrogen-bond acceptors (Lipinski definition) is 4. The van der Waals surface area contributed by atoms with E-state index >= 15 is 0 Å². The van der Waals surface area contributed by atoms with Crippen LogP contribution < -0.4 is 9.80 Å². The van der Waals surface area contributed by atoms with Crippen LogP contribution in [0.1, 0.15) is 11.1 Å². The summed E-state index contributed by atoms with van der Waals surface area (Å²) in [6, 6.07) is 14.1. The number of aromatic nitrogens is 1. The van der Waals surface area contributed by atoms with Crippen LogP contribution in [0.2, 0.25) is 5.02 Å². The number of carbonyl (C=O) groups is 1. The van der Waals surface area contributed by atoms with Crippen LogP contribution in [0, 0.1) is 0 Å². The largest absolute Gasteiger partial charge is 0.447 e. The molecule has 3 heterocycles. The molecule has 6 heteroatoms. The van der Waals surface area contributed by atoms with Crippen LogP contribution in [0.4, 0.5) is 16.2 Å². The van der Waals surface area contributed by atoms with Crippen molar-refractivity contribution in [2.45, 2.75) is 13.0 Å². The van der Waals surface area contributed by atoms with Gasteiger partial charge in [-0.3, -0.25) is 9.88 Å². The minimum Gasteiger partial charge on any atom is -0.447 e. The van der Waals surface area contributed by atoms with Gasteiger partial charge >= 0.3 is 6.09 Å². The highest BCUT2D eigenvalue weighted by Crippen LogP contribution is 2.35. The molecule has 1 amide bonds. The maximum absolute atomic E-state index is 12.0. The van der Waals surface area contributed by atoms with Crippen LogP contribution in [0.15, 0.2) is 48.7 Å². The van der Waals surface area contributed by atoms with Crippen LogP contribution in [0.5, 0.6) is 0 Å². The quantitative estimate of drug-likeness (QED) is 0.661. The Bertz CT molecular complexity index is 1050. The van der Waals surface area contributed by atoms with Crippen molar-refractivity contribution in [2.75, 3.05) is 29.5 Å². The number of fused-ring (bicyclic) bond motifs is 2. The second kappa shape index (κ2) is 6.43. The molecule has 0 spiro atoms. The van der Waals surface area contributed by atoms with Crippen molar-refractivity contribution in [3.63, 3.8) is 0 Å². The van der Waals surface area contributed by atoms with Crippen LogP contribution in [-0.2, 0) is 17.7 Å². The molecule has 0 bridgehead atoms. The Kier molecular flexibility index (Phi) is 3.90. The third kappa shape index (κ3) is 2.79. The number of anilines is 2. The number of hydrogen-bond donors (Lipinski definition) is 0. The molecule has 1 fully saturated rings. The van der Waals surface area contributed by atoms with Crippen molar-refractivity contribution in [1.82, 2.24) is 4.98 Å². The van der Waals surface area contributed by atoms with Gasteiger partial charge in [0, 0.05) is 35.4 Å². The molecule has 0 unspecified atom stereocenters. The normalized spacial score (nSPS) is 16.6. The van der Waals surface area contributed by atoms with Crippen molar-refractivity contribution in [3.8, 4) is 0 Å². The minimum absolute atomic E-state index is 0.247. The van der Waals surface area contributed by atoms with E-state index in [0.29, 0.717) is 18.2 Å². The Balaban J connectivity index is 1.51. The average molecular weight is 380 g/mol. The van der Waals surface area contributed by atoms with E-state index in [0.717, 1.165) is 41.8 Å². The van der Waals surface area contributed by atoms with Gasteiger partial charge in [0.25, 0.3) is 0 Å². The van der Waals surface area contributed by atoms with Crippen molar-refractivity contribution in [2.24, 2.45) is 0 Å². The molecule has 0 atom stereocenters. The molecule has 27 heavy (non-hydrogen) atoms. The summed E-state index contributed by atoms with van der Waals surface area (Å²) >= 11 is 6.12. The summed E-state index contributed by atoms with van der Waals surface area (Å²) in [5, 5.41) is 1.79. The van der Waals surface area contributed by atoms with Crippen molar-refractivity contribution in [1.29, 1.82) is 0 Å². The number of halogens is 1. The van der Waals surface area contributed by atoms with Gasteiger partial charge < -0.3 is 9.64 Å². The zero-order chi connectivity index (χ0) is 18.4. The predicted molar refractivity (Wildman–Crippen MR) is 107 cm³/mol. The van der Waals surface area contributed by atoms with Gasteiger partial charge in [0.1, 0.15) is 6.61 Å². The first-order chi connectivity index (χ1) is 13.2. The number of carbonyl (C=O) groups excluding carboxylic acids is 1. The van der Waals surface area contributed by atoms with E-state index in [1.54, 1.807) is 4.90 Å². The lowest BCUT2D eigenvalue weighted by atomic mass is 9.96. The first-order valence-electron chi connectivity index (χ1n) is 9.05. The Labute approximate surface area is 162 Å². The maximum Gasteiger partial charge on any atom is 0.414 e. The van der Waals surface area contributed by atoms with Crippen molar-refractivity contribution < 1.29 is 9.53 Å². The summed E-state index contributed by atoms with van der Waals surface area (Å²) in [5.74, 6) is 0. The number of pyridine rings is 1. The fourth-order valence-corrected chi connectivity index (χ4v) is 4.21. The number of amides is 1. The fourth-order valence-electron chi connectivity index (χ4n) is 4.04. The Hall–Kier alpha value is -2.79. The first kappa shape index (κ1) is 16.4. The molecule has 136 valence electrons. The molecule has 3 aromatic rings. The van der Waals surface area contributed by atoms with E-state index in [4.69, 9.17) is 16.3 Å². The fraction of sp³-hybridized carbons (Fsp3) is 0.238. The third-order valence-corrected chi connectivity index (χ3v) is 5.55. The maximum atomic E-state index is 12.0. The number of rotatable bonds is 2. The van der Waals surface area contributed by atoms with Crippen LogP contribution in [0.3, 0.4) is 0 Å². The molecule has 2 aliphatic rings. The highest BCUT2D eigenvalue weighted by Gasteiger charge is 2.28. The van der Waals surface area contributed by atoms with Crippen LogP contribution in [-0.4, -0.2) is 30.8 Å². The van der Waals surface area contributed by atoms with Gasteiger partial charge in [-0.2, -0.15) is 0 Å². The summed E-state index contributed by atoms with van der Waals surface area (Å²) in [6.07, 6.45) is 2.47. The highest BCUT2D eigenvalue weighted by molar-refractivity contribution is 6.31. The molecule has 1 saturated heterocycles. The van der Waals surface area contributed by atoms with E-state index in [-0.39, 0.29) is 6.09 Å². The lowest BCUT2D eigenvalue weighted by Gasteiger charge is -2.33. The first-order valence-corrected chi connectivity index (χ1v) is 9.43. The molecular weight excluding hydrogens is 362 g/mol. The monoisotopic (exact) mass is 379 g/mol. The summed E-state index contributed by atoms with van der Waals surface area (Å²) in [7, 11) is 0. The van der Waals surface area contributed by atoms with Gasteiger partial charge in [-0.05, 0) is 47.9 Å². The van der Waals surface area contributed by atoms with E-state index in [1.807, 2.05) is 36.5 Å². The van der Waals surface area contributed by atoms with E-state index in [2.05, 4.69) is 22.0 Å². The zero-order valence-electron chi connectivity index (χ0n) is 14.7. The second-order valence-corrected chi connectivity index (χ2v) is 7.28. The molecule has 2 aromatic carbocycles. The lowest BCUT2D eigenvalue weighted by molar-refractivity contribution is 0.181. The van der Waals surface area contributed by atoms with Crippen molar-refractivity contribution >= 4 is 40.0 Å². The number of benzene rings is 2. The highest BCUT2D eigenvalue weighted by atomic mass is 35.5. The molecule has 0 N–H and O–H groups in total. The van der Waals surface area contributed by atoms with Gasteiger partial charge in [-0.1, -0.05) is 23.7 Å². The topological polar surface area (TPSA) is 45.7 Å². The van der Waals surface area contributed by atoms with E-state index in [9.17, 15) is 4.79 Å². The molecule has 0 saturated carbocycles. The summed E-state index contributed by atoms with van der Waals surface area (Å²) in [5.41, 5.74) is 5.54. The number of cyclic esters (lactones) is 1. The average Bonchev–Trinajstić information content (AvgIpc) is 3.12. The molecule has 0 aliphatic carbocycles. The lowest BCUT2D eigenvalue weighted by Crippen LogP contribution is -2.33. The number of nitrogens with zero attached hydrogens (tertiary/aromatic N) is 3. The molecule has 5 rings (SSSR count). The zero-order valence-corrected chi connectivity index (χ0v) is 15.4. The molecule has 1 aromatic heterocycles. The molecule has 0 radical (unpaired) electrons. The van der Waals surface area contributed by atoms with E-state index in [1.165, 1.54) is 11.1 Å². The SMILES string of the molecule is O=C1OCCN1c1cccc2c1CCN(c1ccnc3cc(Cl)ccc13)C2. The van der Waals surface area contributed by atoms with Crippen molar-refractivity contribution in [3.05, 3.63) is 64.8 Å². The Morgan fingerprint density at radius 2 is 2.00 bits per heavy atom. The second-order valence-electron chi connectivity index (χ2n) is 6.84. The standard InChI is InChI=1S/C21H18ClN3O2/c22-15-4-5-17-18(12-15)23-8-6-19(17)24-9-7-16-14(13-24)2-1-3-20(16)25-10-11-27-21(25)26/h1-6,8,12H,7,9-11,13H2. The van der Waals surface area contributed by atoms with Gasteiger partial charge in [-0.15, -0.1) is 0 Å². The number of ether oxygens (including phenoxy) is 1. The third-order valence-electron chi connectivity index (χ3n) is 5.32. The van der Waals surface area contributed by atoms with Gasteiger partial charge in [0.2, 0.25) is 0 Å². The van der Waals surface area contributed by atoms with Gasteiger partial charge in [-0.25, -0.2) is 4.79 Å². The Morgan fingerprint density at radius 1 is 1.07 bits per heavy atom. The predicted octanol–water partition coefficient (Wildman–Crippen LogP) is 4.41. The molecule has 5 nitrogen and oxygen atoms in total. The molecular formula is C21H18ClN3O2. The van der Waals surface area contributed by atoms with E-state index < -0.39 is 0 Å². The summed E-state index contributed by atoms with van der Waals surface area (Å²) in [4.78, 5) is 20.6. The summed E-state index contributed by atoms with van der Waals surface area (Å²) < 4.78 is 5.12. The smallest absolute Gasteiger partial charge is 0.414 e. The minimum atomic E-state index is -0.247. The van der Waals surface area contributed by atoms with Crippen LogP contribution >= 0.6 is 11.6 Å².